The van der Waals surface area contributed by atoms with Crippen LogP contribution in [0.2, 0.25) is 0 Å². The molecule has 1 saturated carbocycles. The summed E-state index contributed by atoms with van der Waals surface area (Å²) in [6.07, 6.45) is 8.63. The molecule has 0 aromatic rings. The molecule has 0 radical (unpaired) electrons. The van der Waals surface area contributed by atoms with E-state index < -0.39 is 0 Å². The van der Waals surface area contributed by atoms with Crippen LogP contribution < -0.4 is 5.32 Å². The van der Waals surface area contributed by atoms with Gasteiger partial charge in [-0.25, -0.2) is 0 Å². The molecule has 1 fully saturated rings. The van der Waals surface area contributed by atoms with Gasteiger partial charge in [0.1, 0.15) is 0 Å². The highest BCUT2D eigenvalue weighted by Gasteiger charge is 2.24. The molecule has 4 atom stereocenters. The van der Waals surface area contributed by atoms with Gasteiger partial charge in [-0.2, -0.15) is 0 Å². The van der Waals surface area contributed by atoms with Crippen molar-refractivity contribution in [2.24, 2.45) is 5.92 Å². The second-order valence-corrected chi connectivity index (χ2v) is 6.08. The lowest BCUT2D eigenvalue weighted by molar-refractivity contribution is -0.0502. The average molecular weight is 271 g/mol. The highest BCUT2D eigenvalue weighted by Crippen LogP contribution is 2.29. The molecule has 19 heavy (non-hydrogen) atoms. The summed E-state index contributed by atoms with van der Waals surface area (Å²) < 4.78 is 5.95. The molecular weight excluding hydrogens is 238 g/mol. The maximum absolute atomic E-state index is 9.97. The molecule has 0 aromatic heterocycles. The number of hydrogen-bond donors (Lipinski definition) is 2. The van der Waals surface area contributed by atoms with E-state index in [1.807, 2.05) is 0 Å². The zero-order chi connectivity index (χ0) is 14.1. The number of ether oxygens (including phenoxy) is 1. The Labute approximate surface area is 119 Å². The van der Waals surface area contributed by atoms with Crippen molar-refractivity contribution in [2.75, 3.05) is 13.2 Å². The van der Waals surface area contributed by atoms with E-state index in [0.29, 0.717) is 31.2 Å². The SMILES string of the molecule is CCCC(C)NCC(O)COC1CCCCC1CC. The molecule has 3 heteroatoms. The summed E-state index contributed by atoms with van der Waals surface area (Å²) in [4.78, 5) is 0. The summed E-state index contributed by atoms with van der Waals surface area (Å²) in [5.41, 5.74) is 0. The van der Waals surface area contributed by atoms with Crippen molar-refractivity contribution in [1.82, 2.24) is 5.32 Å². The first-order valence-corrected chi connectivity index (χ1v) is 8.20. The first-order chi connectivity index (χ1) is 9.17. The number of nitrogens with one attached hydrogen (secondary N) is 1. The summed E-state index contributed by atoms with van der Waals surface area (Å²) in [7, 11) is 0. The van der Waals surface area contributed by atoms with Crippen LogP contribution in [0.1, 0.15) is 65.7 Å². The van der Waals surface area contributed by atoms with Crippen molar-refractivity contribution in [3.8, 4) is 0 Å². The largest absolute Gasteiger partial charge is 0.389 e. The second kappa shape index (κ2) is 9.73. The van der Waals surface area contributed by atoms with Crippen molar-refractivity contribution in [2.45, 2.75) is 84.0 Å². The Hall–Kier alpha value is -0.120. The number of aliphatic hydroxyl groups excluding tert-OH is 1. The predicted octanol–water partition coefficient (Wildman–Crippen LogP) is 3.11. The molecule has 0 aliphatic heterocycles. The van der Waals surface area contributed by atoms with Gasteiger partial charge in [0.15, 0.2) is 0 Å². The van der Waals surface area contributed by atoms with Gasteiger partial charge < -0.3 is 15.2 Å². The summed E-state index contributed by atoms with van der Waals surface area (Å²) >= 11 is 0. The molecule has 0 amide bonds. The van der Waals surface area contributed by atoms with E-state index in [-0.39, 0.29) is 6.10 Å². The molecule has 4 unspecified atom stereocenters. The van der Waals surface area contributed by atoms with Crippen molar-refractivity contribution in [3.63, 3.8) is 0 Å². The van der Waals surface area contributed by atoms with Gasteiger partial charge in [-0.3, -0.25) is 0 Å². The molecule has 3 nitrogen and oxygen atoms in total. The van der Waals surface area contributed by atoms with Crippen LogP contribution >= 0.6 is 0 Å². The molecule has 1 aliphatic rings. The smallest absolute Gasteiger partial charge is 0.0897 e. The van der Waals surface area contributed by atoms with Crippen LogP contribution in [0, 0.1) is 5.92 Å². The molecule has 0 spiro atoms. The number of rotatable bonds is 9. The van der Waals surface area contributed by atoms with Gasteiger partial charge in [0, 0.05) is 12.6 Å². The van der Waals surface area contributed by atoms with Crippen LogP contribution in [0.3, 0.4) is 0 Å². The van der Waals surface area contributed by atoms with E-state index in [0.717, 1.165) is 6.42 Å². The fourth-order valence-corrected chi connectivity index (χ4v) is 3.03. The minimum atomic E-state index is -0.376. The Morgan fingerprint density at radius 3 is 2.68 bits per heavy atom. The molecular formula is C16H33NO2. The van der Waals surface area contributed by atoms with Crippen LogP contribution in [-0.4, -0.2) is 36.5 Å². The van der Waals surface area contributed by atoms with Crippen LogP contribution in [0.4, 0.5) is 0 Å². The van der Waals surface area contributed by atoms with E-state index in [2.05, 4.69) is 26.1 Å². The fourth-order valence-electron chi connectivity index (χ4n) is 3.03. The number of aliphatic hydroxyl groups is 1. The minimum Gasteiger partial charge on any atom is -0.389 e. The first kappa shape index (κ1) is 16.9. The zero-order valence-corrected chi connectivity index (χ0v) is 13.0. The molecule has 114 valence electrons. The van der Waals surface area contributed by atoms with Crippen molar-refractivity contribution < 1.29 is 9.84 Å². The van der Waals surface area contributed by atoms with E-state index in [9.17, 15) is 5.11 Å². The molecule has 2 N–H and O–H groups in total. The van der Waals surface area contributed by atoms with Gasteiger partial charge in [0.25, 0.3) is 0 Å². The van der Waals surface area contributed by atoms with E-state index in [1.165, 1.54) is 38.5 Å². The monoisotopic (exact) mass is 271 g/mol. The lowest BCUT2D eigenvalue weighted by atomic mass is 9.85. The lowest BCUT2D eigenvalue weighted by Crippen LogP contribution is -2.38. The van der Waals surface area contributed by atoms with E-state index in [1.54, 1.807) is 0 Å². The summed E-state index contributed by atoms with van der Waals surface area (Å²) in [5, 5.41) is 13.3. The van der Waals surface area contributed by atoms with Crippen LogP contribution in [0.15, 0.2) is 0 Å². The molecule has 0 saturated heterocycles. The first-order valence-electron chi connectivity index (χ1n) is 8.20. The third-order valence-corrected chi connectivity index (χ3v) is 4.29. The molecule has 1 rings (SSSR count). The molecule has 0 bridgehead atoms. The fraction of sp³-hybridized carbons (Fsp3) is 1.00. The summed E-state index contributed by atoms with van der Waals surface area (Å²) in [5.74, 6) is 0.702. The Morgan fingerprint density at radius 1 is 1.26 bits per heavy atom. The standard InChI is InChI=1S/C16H33NO2/c1-4-8-13(3)17-11-15(18)12-19-16-10-7-6-9-14(16)5-2/h13-18H,4-12H2,1-3H3. The second-order valence-electron chi connectivity index (χ2n) is 6.08. The highest BCUT2D eigenvalue weighted by atomic mass is 16.5. The van der Waals surface area contributed by atoms with Crippen molar-refractivity contribution in [1.29, 1.82) is 0 Å². The van der Waals surface area contributed by atoms with Gasteiger partial charge in [0.05, 0.1) is 18.8 Å². The van der Waals surface area contributed by atoms with Gasteiger partial charge >= 0.3 is 0 Å². The van der Waals surface area contributed by atoms with Crippen molar-refractivity contribution in [3.05, 3.63) is 0 Å². The van der Waals surface area contributed by atoms with Gasteiger partial charge in [-0.05, 0) is 32.1 Å². The third-order valence-electron chi connectivity index (χ3n) is 4.29. The normalized spacial score (nSPS) is 27.2. The molecule has 0 heterocycles. The van der Waals surface area contributed by atoms with Gasteiger partial charge in [0.2, 0.25) is 0 Å². The third kappa shape index (κ3) is 6.73. The Balaban J connectivity index is 2.16. The average Bonchev–Trinajstić information content (AvgIpc) is 2.43. The maximum atomic E-state index is 9.97. The molecule has 0 aromatic carbocycles. The van der Waals surface area contributed by atoms with Crippen LogP contribution in [0.25, 0.3) is 0 Å². The van der Waals surface area contributed by atoms with E-state index >= 15 is 0 Å². The van der Waals surface area contributed by atoms with Crippen LogP contribution in [0.5, 0.6) is 0 Å². The predicted molar refractivity (Wildman–Crippen MR) is 80.4 cm³/mol. The Morgan fingerprint density at radius 2 is 2.00 bits per heavy atom. The van der Waals surface area contributed by atoms with Gasteiger partial charge in [-0.15, -0.1) is 0 Å². The summed E-state index contributed by atoms with van der Waals surface area (Å²) in [6.45, 7) is 7.73. The number of hydrogen-bond acceptors (Lipinski definition) is 3. The summed E-state index contributed by atoms with van der Waals surface area (Å²) in [6, 6.07) is 0.484. The zero-order valence-electron chi connectivity index (χ0n) is 13.0. The minimum absolute atomic E-state index is 0.376. The maximum Gasteiger partial charge on any atom is 0.0897 e. The lowest BCUT2D eigenvalue weighted by Gasteiger charge is -2.31. The topological polar surface area (TPSA) is 41.5 Å². The molecule has 1 aliphatic carbocycles. The van der Waals surface area contributed by atoms with Crippen molar-refractivity contribution >= 4 is 0 Å². The quantitative estimate of drug-likeness (QED) is 0.677. The van der Waals surface area contributed by atoms with Crippen LogP contribution in [-0.2, 0) is 4.74 Å². The Kier molecular flexibility index (Phi) is 8.67. The Bertz CT molecular complexity index is 223. The highest BCUT2D eigenvalue weighted by molar-refractivity contribution is 4.75. The van der Waals surface area contributed by atoms with E-state index in [4.69, 9.17) is 4.74 Å². The van der Waals surface area contributed by atoms with Gasteiger partial charge in [-0.1, -0.05) is 39.5 Å².